The Morgan fingerprint density at radius 2 is 2.36 bits per heavy atom. The first-order valence-corrected chi connectivity index (χ1v) is 5.08. The van der Waals surface area contributed by atoms with E-state index in [1.807, 2.05) is 10.8 Å². The summed E-state index contributed by atoms with van der Waals surface area (Å²) < 4.78 is 5.06. The van der Waals surface area contributed by atoms with E-state index in [9.17, 15) is 4.79 Å². The SMILES string of the molecule is O=C(C=Cc1ccco1)c1ccsc1. The molecule has 0 saturated carbocycles. The molecule has 70 valence electrons. The Morgan fingerprint density at radius 1 is 1.43 bits per heavy atom. The molecule has 0 aliphatic rings. The Kier molecular flexibility index (Phi) is 2.60. The van der Waals surface area contributed by atoms with Crippen molar-refractivity contribution in [2.75, 3.05) is 0 Å². The largest absolute Gasteiger partial charge is 0.465 e. The minimum Gasteiger partial charge on any atom is -0.465 e. The van der Waals surface area contributed by atoms with Crippen molar-refractivity contribution in [1.82, 2.24) is 0 Å². The number of furan rings is 1. The predicted octanol–water partition coefficient (Wildman–Crippen LogP) is 3.24. The molecule has 14 heavy (non-hydrogen) atoms. The van der Waals surface area contributed by atoms with Gasteiger partial charge in [-0.05, 0) is 35.7 Å². The zero-order valence-corrected chi connectivity index (χ0v) is 8.16. The minimum atomic E-state index is 0.00245. The van der Waals surface area contributed by atoms with Crippen molar-refractivity contribution in [3.63, 3.8) is 0 Å². The van der Waals surface area contributed by atoms with Gasteiger partial charge in [-0.15, -0.1) is 0 Å². The van der Waals surface area contributed by atoms with Gasteiger partial charge in [0.05, 0.1) is 6.26 Å². The van der Waals surface area contributed by atoms with Crippen LogP contribution in [0.25, 0.3) is 6.08 Å². The molecule has 0 radical (unpaired) electrons. The van der Waals surface area contributed by atoms with Crippen LogP contribution < -0.4 is 0 Å². The number of hydrogen-bond acceptors (Lipinski definition) is 3. The van der Waals surface area contributed by atoms with Gasteiger partial charge in [-0.2, -0.15) is 11.3 Å². The van der Waals surface area contributed by atoms with Crippen molar-refractivity contribution in [2.45, 2.75) is 0 Å². The van der Waals surface area contributed by atoms with Gasteiger partial charge in [-0.1, -0.05) is 0 Å². The second kappa shape index (κ2) is 4.07. The van der Waals surface area contributed by atoms with Crippen LogP contribution in [0.3, 0.4) is 0 Å². The lowest BCUT2D eigenvalue weighted by molar-refractivity contribution is 0.104. The molecule has 0 aliphatic heterocycles. The molecule has 2 rings (SSSR count). The number of carbonyl (C=O) groups excluding carboxylic acids is 1. The van der Waals surface area contributed by atoms with Gasteiger partial charge in [-0.25, -0.2) is 0 Å². The van der Waals surface area contributed by atoms with Crippen LogP contribution in [0, 0.1) is 0 Å². The third-order valence-corrected chi connectivity index (χ3v) is 2.43. The molecule has 2 aromatic rings. The van der Waals surface area contributed by atoms with Gasteiger partial charge in [0.2, 0.25) is 0 Å². The highest BCUT2D eigenvalue weighted by Crippen LogP contribution is 2.09. The van der Waals surface area contributed by atoms with Gasteiger partial charge in [0.1, 0.15) is 5.76 Å². The van der Waals surface area contributed by atoms with Crippen molar-refractivity contribution in [3.05, 3.63) is 52.6 Å². The standard InChI is InChI=1S/C11H8O2S/c12-11(9-5-7-14-8-9)4-3-10-2-1-6-13-10/h1-8H. The molecule has 2 aromatic heterocycles. The van der Waals surface area contributed by atoms with E-state index >= 15 is 0 Å². The molecular formula is C11H8O2S. The van der Waals surface area contributed by atoms with Gasteiger partial charge in [0.25, 0.3) is 0 Å². The van der Waals surface area contributed by atoms with E-state index in [1.54, 1.807) is 30.5 Å². The molecular weight excluding hydrogens is 196 g/mol. The summed E-state index contributed by atoms with van der Waals surface area (Å²) in [6.45, 7) is 0. The van der Waals surface area contributed by atoms with Crippen molar-refractivity contribution in [1.29, 1.82) is 0 Å². The summed E-state index contributed by atoms with van der Waals surface area (Å²) in [4.78, 5) is 11.5. The average Bonchev–Trinajstić information content (AvgIpc) is 2.87. The molecule has 0 amide bonds. The fourth-order valence-electron chi connectivity index (χ4n) is 1.04. The molecule has 0 aliphatic carbocycles. The molecule has 3 heteroatoms. The average molecular weight is 204 g/mol. The normalized spacial score (nSPS) is 10.9. The quantitative estimate of drug-likeness (QED) is 0.567. The smallest absolute Gasteiger partial charge is 0.186 e. The lowest BCUT2D eigenvalue weighted by atomic mass is 10.2. The minimum absolute atomic E-state index is 0.00245. The number of thiophene rings is 1. The van der Waals surface area contributed by atoms with Gasteiger partial charge >= 0.3 is 0 Å². The van der Waals surface area contributed by atoms with E-state index in [2.05, 4.69) is 0 Å². The van der Waals surface area contributed by atoms with Crippen LogP contribution in [0.2, 0.25) is 0 Å². The van der Waals surface area contributed by atoms with Crippen LogP contribution in [-0.4, -0.2) is 5.78 Å². The van der Waals surface area contributed by atoms with E-state index in [0.717, 1.165) is 5.56 Å². The van der Waals surface area contributed by atoms with Crippen molar-refractivity contribution >= 4 is 23.2 Å². The first-order chi connectivity index (χ1) is 6.86. The Bertz CT molecular complexity index is 424. The number of hydrogen-bond donors (Lipinski definition) is 0. The third kappa shape index (κ3) is 2.00. The van der Waals surface area contributed by atoms with E-state index in [0.29, 0.717) is 5.76 Å². The molecule has 0 fully saturated rings. The van der Waals surface area contributed by atoms with E-state index < -0.39 is 0 Å². The van der Waals surface area contributed by atoms with Crippen LogP contribution in [0.1, 0.15) is 16.1 Å². The van der Waals surface area contributed by atoms with E-state index in [1.165, 1.54) is 17.4 Å². The van der Waals surface area contributed by atoms with E-state index in [-0.39, 0.29) is 5.78 Å². The first-order valence-electron chi connectivity index (χ1n) is 4.14. The van der Waals surface area contributed by atoms with Crippen molar-refractivity contribution < 1.29 is 9.21 Å². The summed E-state index contributed by atoms with van der Waals surface area (Å²) in [5.41, 5.74) is 0.720. The second-order valence-electron chi connectivity index (χ2n) is 2.73. The maximum Gasteiger partial charge on any atom is 0.186 e. The molecule has 2 nitrogen and oxygen atoms in total. The molecule has 0 atom stereocenters. The van der Waals surface area contributed by atoms with Crippen LogP contribution >= 0.6 is 11.3 Å². The van der Waals surface area contributed by atoms with Crippen molar-refractivity contribution in [2.24, 2.45) is 0 Å². The van der Waals surface area contributed by atoms with Gasteiger partial charge in [0, 0.05) is 10.9 Å². The molecule has 0 unspecified atom stereocenters. The number of ketones is 1. The molecule has 2 heterocycles. The Labute approximate surface area is 85.5 Å². The Balaban J connectivity index is 2.09. The lowest BCUT2D eigenvalue weighted by Gasteiger charge is -1.86. The Hall–Kier alpha value is -1.61. The van der Waals surface area contributed by atoms with Crippen LogP contribution in [0.5, 0.6) is 0 Å². The summed E-state index contributed by atoms with van der Waals surface area (Å²) in [6.07, 6.45) is 4.76. The zero-order chi connectivity index (χ0) is 9.80. The van der Waals surface area contributed by atoms with Gasteiger partial charge < -0.3 is 4.42 Å². The molecule has 0 spiro atoms. The number of allylic oxidation sites excluding steroid dienone is 1. The highest BCUT2D eigenvalue weighted by atomic mass is 32.1. The predicted molar refractivity (Wildman–Crippen MR) is 56.4 cm³/mol. The summed E-state index contributed by atoms with van der Waals surface area (Å²) in [6, 6.07) is 5.39. The molecule has 0 aromatic carbocycles. The molecule has 0 N–H and O–H groups in total. The highest BCUT2D eigenvalue weighted by Gasteiger charge is 2.00. The second-order valence-corrected chi connectivity index (χ2v) is 3.51. The number of rotatable bonds is 3. The molecule has 0 saturated heterocycles. The summed E-state index contributed by atoms with van der Waals surface area (Å²) >= 11 is 1.51. The molecule has 0 bridgehead atoms. The fourth-order valence-corrected chi connectivity index (χ4v) is 1.69. The van der Waals surface area contributed by atoms with Gasteiger partial charge in [-0.3, -0.25) is 4.79 Å². The summed E-state index contributed by atoms with van der Waals surface area (Å²) in [5, 5.41) is 3.71. The summed E-state index contributed by atoms with van der Waals surface area (Å²) in [7, 11) is 0. The van der Waals surface area contributed by atoms with Crippen LogP contribution in [-0.2, 0) is 0 Å². The third-order valence-electron chi connectivity index (χ3n) is 1.75. The lowest BCUT2D eigenvalue weighted by Crippen LogP contribution is -1.89. The van der Waals surface area contributed by atoms with Crippen LogP contribution in [0.15, 0.2) is 45.7 Å². The first kappa shape index (κ1) is 8.97. The van der Waals surface area contributed by atoms with Crippen LogP contribution in [0.4, 0.5) is 0 Å². The number of carbonyl (C=O) groups is 1. The summed E-state index contributed by atoms with van der Waals surface area (Å²) in [5.74, 6) is 0.691. The van der Waals surface area contributed by atoms with Crippen molar-refractivity contribution in [3.8, 4) is 0 Å². The maximum atomic E-state index is 11.5. The Morgan fingerprint density at radius 3 is 3.00 bits per heavy atom. The zero-order valence-electron chi connectivity index (χ0n) is 7.34. The maximum absolute atomic E-state index is 11.5. The van der Waals surface area contributed by atoms with Gasteiger partial charge in [0.15, 0.2) is 5.78 Å². The monoisotopic (exact) mass is 204 g/mol. The topological polar surface area (TPSA) is 30.2 Å². The fraction of sp³-hybridized carbons (Fsp3) is 0. The van der Waals surface area contributed by atoms with E-state index in [4.69, 9.17) is 4.42 Å². The highest BCUT2D eigenvalue weighted by molar-refractivity contribution is 7.08.